The molecule has 100 valence electrons. The number of benzene rings is 2. The third-order valence-corrected chi connectivity index (χ3v) is 2.93. The molecule has 0 aliphatic rings. The van der Waals surface area contributed by atoms with Crippen LogP contribution in [-0.4, -0.2) is 15.3 Å². The maximum atomic E-state index is 13.6. The van der Waals surface area contributed by atoms with E-state index >= 15 is 0 Å². The molecule has 0 unspecified atom stereocenters. The van der Waals surface area contributed by atoms with Crippen LogP contribution in [0.5, 0.6) is 17.2 Å². The van der Waals surface area contributed by atoms with Crippen LogP contribution in [-0.2, 0) is 6.54 Å². The average molecular weight is 284 g/mol. The molecule has 2 aromatic carbocycles. The zero-order valence-electron chi connectivity index (χ0n) is 9.69. The summed E-state index contributed by atoms with van der Waals surface area (Å²) in [7, 11) is 0. The van der Waals surface area contributed by atoms with Gasteiger partial charge in [-0.3, -0.25) is 0 Å². The van der Waals surface area contributed by atoms with Crippen molar-refractivity contribution in [2.45, 2.75) is 6.54 Å². The largest absolute Gasteiger partial charge is 0.504 e. The first-order chi connectivity index (χ1) is 9.00. The Morgan fingerprint density at radius 3 is 2.53 bits per heavy atom. The number of halogens is 2. The number of rotatable bonds is 3. The molecule has 0 saturated carbocycles. The van der Waals surface area contributed by atoms with E-state index in [0.29, 0.717) is 5.56 Å². The second-order valence-corrected chi connectivity index (χ2v) is 4.30. The lowest BCUT2D eigenvalue weighted by Gasteiger charge is -2.11. The van der Waals surface area contributed by atoms with Crippen LogP contribution in [0, 0.1) is 5.82 Å². The van der Waals surface area contributed by atoms with E-state index < -0.39 is 23.1 Å². The zero-order chi connectivity index (χ0) is 14.0. The highest BCUT2D eigenvalue weighted by molar-refractivity contribution is 6.31. The van der Waals surface area contributed by atoms with Crippen molar-refractivity contribution in [2.24, 2.45) is 0 Å². The van der Waals surface area contributed by atoms with Gasteiger partial charge >= 0.3 is 0 Å². The number of anilines is 1. The van der Waals surface area contributed by atoms with Gasteiger partial charge in [0.05, 0.1) is 10.7 Å². The maximum Gasteiger partial charge on any atom is 0.200 e. The van der Waals surface area contributed by atoms with Gasteiger partial charge in [0.1, 0.15) is 0 Å². The molecule has 19 heavy (non-hydrogen) atoms. The minimum Gasteiger partial charge on any atom is -0.504 e. The molecule has 0 atom stereocenters. The van der Waals surface area contributed by atoms with Gasteiger partial charge in [-0.05, 0) is 24.3 Å². The monoisotopic (exact) mass is 283 g/mol. The molecule has 0 spiro atoms. The third-order valence-electron chi connectivity index (χ3n) is 2.63. The van der Waals surface area contributed by atoms with Crippen molar-refractivity contribution in [3.63, 3.8) is 0 Å². The maximum absolute atomic E-state index is 13.6. The van der Waals surface area contributed by atoms with Gasteiger partial charge in [-0.15, -0.1) is 0 Å². The fourth-order valence-corrected chi connectivity index (χ4v) is 1.76. The van der Waals surface area contributed by atoms with E-state index in [0.717, 1.165) is 0 Å². The lowest BCUT2D eigenvalue weighted by Crippen LogP contribution is -2.02. The molecule has 4 N–H and O–H groups in total. The van der Waals surface area contributed by atoms with Crippen LogP contribution >= 0.6 is 11.6 Å². The van der Waals surface area contributed by atoms with Gasteiger partial charge in [-0.1, -0.05) is 17.7 Å². The van der Waals surface area contributed by atoms with Gasteiger partial charge in [0, 0.05) is 12.1 Å². The van der Waals surface area contributed by atoms with Crippen LogP contribution in [0.15, 0.2) is 30.3 Å². The number of aromatic hydroxyl groups is 3. The van der Waals surface area contributed by atoms with E-state index in [4.69, 9.17) is 11.6 Å². The molecular weight excluding hydrogens is 273 g/mol. The van der Waals surface area contributed by atoms with E-state index in [9.17, 15) is 19.7 Å². The molecule has 0 saturated heterocycles. The molecule has 2 aromatic rings. The first kappa shape index (κ1) is 13.3. The van der Waals surface area contributed by atoms with Crippen LogP contribution in [0.3, 0.4) is 0 Å². The Hall–Kier alpha value is -2.14. The Labute approximate surface area is 113 Å². The van der Waals surface area contributed by atoms with Gasteiger partial charge < -0.3 is 20.6 Å². The van der Waals surface area contributed by atoms with Gasteiger partial charge in [-0.25, -0.2) is 4.39 Å². The first-order valence-corrected chi connectivity index (χ1v) is 5.79. The normalized spacial score (nSPS) is 10.4. The quantitative estimate of drug-likeness (QED) is 0.653. The number of phenolic OH excluding ortho intramolecular Hbond substituents is 3. The van der Waals surface area contributed by atoms with Crippen molar-refractivity contribution in [2.75, 3.05) is 5.32 Å². The number of hydrogen-bond donors (Lipinski definition) is 4. The second kappa shape index (κ2) is 5.24. The number of phenols is 3. The molecule has 0 aliphatic carbocycles. The second-order valence-electron chi connectivity index (χ2n) is 3.90. The highest BCUT2D eigenvalue weighted by Crippen LogP contribution is 2.37. The summed E-state index contributed by atoms with van der Waals surface area (Å²) < 4.78 is 13.6. The summed E-state index contributed by atoms with van der Waals surface area (Å²) in [4.78, 5) is 0. The van der Waals surface area contributed by atoms with Gasteiger partial charge in [0.15, 0.2) is 17.3 Å². The SMILES string of the molecule is Oc1ccc(CNc2cccc(Cl)c2F)c(O)c1O. The molecule has 0 radical (unpaired) electrons. The topological polar surface area (TPSA) is 72.7 Å². The van der Waals surface area contributed by atoms with Crippen LogP contribution in [0.25, 0.3) is 0 Å². The van der Waals surface area contributed by atoms with Gasteiger partial charge in [0.25, 0.3) is 0 Å². The first-order valence-electron chi connectivity index (χ1n) is 5.41. The number of nitrogens with one attached hydrogen (secondary N) is 1. The summed E-state index contributed by atoms with van der Waals surface area (Å²) in [6, 6.07) is 7.16. The van der Waals surface area contributed by atoms with Crippen molar-refractivity contribution >= 4 is 17.3 Å². The van der Waals surface area contributed by atoms with E-state index in [-0.39, 0.29) is 17.3 Å². The molecule has 6 heteroatoms. The predicted octanol–water partition coefficient (Wildman–Crippen LogP) is 3.21. The van der Waals surface area contributed by atoms with E-state index in [1.54, 1.807) is 6.07 Å². The minimum atomic E-state index is -0.606. The minimum absolute atomic E-state index is 0.0113. The highest BCUT2D eigenvalue weighted by Gasteiger charge is 2.12. The Balaban J connectivity index is 2.20. The van der Waals surface area contributed by atoms with Crippen molar-refractivity contribution in [1.29, 1.82) is 0 Å². The van der Waals surface area contributed by atoms with Crippen LogP contribution in [0.1, 0.15) is 5.56 Å². The smallest absolute Gasteiger partial charge is 0.200 e. The third kappa shape index (κ3) is 2.66. The molecule has 0 aliphatic heterocycles. The molecule has 0 fully saturated rings. The molecule has 4 nitrogen and oxygen atoms in total. The summed E-state index contributed by atoms with van der Waals surface area (Å²) >= 11 is 5.64. The molecule has 0 bridgehead atoms. The summed E-state index contributed by atoms with van der Waals surface area (Å²) in [6.45, 7) is 0.0664. The fourth-order valence-electron chi connectivity index (χ4n) is 1.58. The summed E-state index contributed by atoms with van der Waals surface area (Å²) in [5.74, 6) is -2.07. The summed E-state index contributed by atoms with van der Waals surface area (Å²) in [5, 5.41) is 30.9. The van der Waals surface area contributed by atoms with Crippen LogP contribution in [0.2, 0.25) is 5.02 Å². The molecule has 2 rings (SSSR count). The molecule has 0 heterocycles. The standard InChI is InChI=1S/C13H11ClFNO3/c14-8-2-1-3-9(11(8)15)16-6-7-4-5-10(17)13(19)12(7)18/h1-5,16-19H,6H2. The summed E-state index contributed by atoms with van der Waals surface area (Å²) in [5.41, 5.74) is 0.495. The van der Waals surface area contributed by atoms with Gasteiger partial charge in [-0.2, -0.15) is 0 Å². The Morgan fingerprint density at radius 1 is 1.05 bits per heavy atom. The van der Waals surface area contributed by atoms with Gasteiger partial charge in [0.2, 0.25) is 5.75 Å². The number of hydrogen-bond acceptors (Lipinski definition) is 4. The zero-order valence-corrected chi connectivity index (χ0v) is 10.4. The van der Waals surface area contributed by atoms with Crippen molar-refractivity contribution in [3.8, 4) is 17.2 Å². The van der Waals surface area contributed by atoms with Crippen molar-refractivity contribution < 1.29 is 19.7 Å². The van der Waals surface area contributed by atoms with Crippen molar-refractivity contribution in [1.82, 2.24) is 0 Å². The summed E-state index contributed by atoms with van der Waals surface area (Å²) in [6.07, 6.45) is 0. The molecule has 0 amide bonds. The van der Waals surface area contributed by atoms with E-state index in [2.05, 4.69) is 5.32 Å². The highest BCUT2D eigenvalue weighted by atomic mass is 35.5. The van der Waals surface area contributed by atoms with E-state index in [1.165, 1.54) is 24.3 Å². The van der Waals surface area contributed by atoms with Crippen LogP contribution < -0.4 is 5.32 Å². The Morgan fingerprint density at radius 2 is 1.79 bits per heavy atom. The lowest BCUT2D eigenvalue weighted by molar-refractivity contribution is 0.365. The van der Waals surface area contributed by atoms with Crippen molar-refractivity contribution in [3.05, 3.63) is 46.7 Å². The Kier molecular flexibility index (Phi) is 3.66. The van der Waals surface area contributed by atoms with Crippen LogP contribution in [0.4, 0.5) is 10.1 Å². The predicted molar refractivity (Wildman–Crippen MR) is 70.2 cm³/mol. The average Bonchev–Trinajstić information content (AvgIpc) is 2.40. The lowest BCUT2D eigenvalue weighted by atomic mass is 10.1. The molecule has 0 aromatic heterocycles. The van der Waals surface area contributed by atoms with E-state index in [1.807, 2.05) is 0 Å². The Bertz CT molecular complexity index is 619. The fraction of sp³-hybridized carbons (Fsp3) is 0.0769. The molecular formula is C13H11ClFNO3.